The molecule has 0 aromatic carbocycles. The van der Waals surface area contributed by atoms with Gasteiger partial charge in [-0.2, -0.15) is 0 Å². The lowest BCUT2D eigenvalue weighted by Crippen LogP contribution is -2.44. The van der Waals surface area contributed by atoms with E-state index >= 15 is 0 Å². The molecule has 2 aliphatic rings. The predicted molar refractivity (Wildman–Crippen MR) is 80.6 cm³/mol. The van der Waals surface area contributed by atoms with Gasteiger partial charge in [-0.25, -0.2) is 0 Å². The van der Waals surface area contributed by atoms with E-state index < -0.39 is 0 Å². The summed E-state index contributed by atoms with van der Waals surface area (Å²) < 4.78 is 0. The molecule has 0 radical (unpaired) electrons. The van der Waals surface area contributed by atoms with Crippen molar-refractivity contribution in [2.75, 3.05) is 20.1 Å². The molecule has 2 amide bonds. The molecule has 2 fully saturated rings. The molecule has 1 heterocycles. The lowest BCUT2D eigenvalue weighted by molar-refractivity contribution is -0.132. The average molecular weight is 304 g/mol. The van der Waals surface area contributed by atoms with Gasteiger partial charge in [0.1, 0.15) is 6.04 Å². The Bertz CT molecular complexity index is 356. The summed E-state index contributed by atoms with van der Waals surface area (Å²) in [5, 5.41) is 2.88. The third kappa shape index (κ3) is 3.85. The molecule has 20 heavy (non-hydrogen) atoms. The van der Waals surface area contributed by atoms with Crippen LogP contribution in [0.25, 0.3) is 0 Å². The number of hydrogen-bond acceptors (Lipinski definition) is 3. The van der Waals surface area contributed by atoms with Gasteiger partial charge < -0.3 is 16.0 Å². The second-order valence-corrected chi connectivity index (χ2v) is 6.11. The second-order valence-electron chi connectivity index (χ2n) is 6.11. The van der Waals surface area contributed by atoms with Gasteiger partial charge in [0, 0.05) is 20.0 Å². The fourth-order valence-electron chi connectivity index (χ4n) is 3.30. The summed E-state index contributed by atoms with van der Waals surface area (Å²) in [5.74, 6) is 0.0137. The Morgan fingerprint density at radius 1 is 1.40 bits per heavy atom. The first-order chi connectivity index (χ1) is 9.06. The lowest BCUT2D eigenvalue weighted by atomic mass is 9.71. The van der Waals surface area contributed by atoms with Gasteiger partial charge in [0.25, 0.3) is 0 Å². The van der Waals surface area contributed by atoms with Crippen LogP contribution in [0.2, 0.25) is 0 Å². The Kier molecular flexibility index (Phi) is 6.27. The zero-order chi connectivity index (χ0) is 13.9. The van der Waals surface area contributed by atoms with Crippen molar-refractivity contribution < 1.29 is 9.59 Å². The van der Waals surface area contributed by atoms with Crippen LogP contribution in [-0.4, -0.2) is 42.9 Å². The molecule has 0 aromatic heterocycles. The third-order valence-electron chi connectivity index (χ3n) is 4.65. The summed E-state index contributed by atoms with van der Waals surface area (Å²) >= 11 is 0. The number of nitrogens with zero attached hydrogens (tertiary/aromatic N) is 1. The maximum Gasteiger partial charge on any atom is 0.244 e. The monoisotopic (exact) mass is 303 g/mol. The van der Waals surface area contributed by atoms with Crippen LogP contribution in [0.4, 0.5) is 0 Å². The summed E-state index contributed by atoms with van der Waals surface area (Å²) in [4.78, 5) is 25.6. The minimum absolute atomic E-state index is 0. The van der Waals surface area contributed by atoms with Crippen LogP contribution in [0.3, 0.4) is 0 Å². The fraction of sp³-hybridized carbons (Fsp3) is 0.857. The SMILES string of the molecule is CN1CCC(NC(=O)CC2(CN)CCCCC2)C1=O.Cl. The van der Waals surface area contributed by atoms with Gasteiger partial charge in [-0.05, 0) is 31.2 Å². The molecule has 0 spiro atoms. The number of carbonyl (C=O) groups excluding carboxylic acids is 2. The Morgan fingerprint density at radius 3 is 2.55 bits per heavy atom. The standard InChI is InChI=1S/C14H25N3O2.ClH/c1-17-8-5-11(13(17)19)16-12(18)9-14(10-15)6-3-2-4-7-14;/h11H,2-10,15H2,1H3,(H,16,18);1H. The molecule has 1 unspecified atom stereocenters. The quantitative estimate of drug-likeness (QED) is 0.815. The zero-order valence-electron chi connectivity index (χ0n) is 12.2. The first-order valence-corrected chi connectivity index (χ1v) is 7.31. The Hall–Kier alpha value is -0.810. The van der Waals surface area contributed by atoms with Crippen molar-refractivity contribution in [3.8, 4) is 0 Å². The maximum absolute atomic E-state index is 12.1. The number of hydrogen-bond donors (Lipinski definition) is 2. The van der Waals surface area contributed by atoms with Crippen LogP contribution in [0, 0.1) is 5.41 Å². The third-order valence-corrected chi connectivity index (χ3v) is 4.65. The van der Waals surface area contributed by atoms with Gasteiger partial charge in [0.2, 0.25) is 11.8 Å². The number of likely N-dealkylation sites (tertiary alicyclic amines) is 1. The van der Waals surface area contributed by atoms with Crippen molar-refractivity contribution in [1.29, 1.82) is 0 Å². The highest BCUT2D eigenvalue weighted by Crippen LogP contribution is 2.38. The molecule has 1 atom stereocenters. The van der Waals surface area contributed by atoms with Crippen LogP contribution in [0.5, 0.6) is 0 Å². The number of nitrogens with two attached hydrogens (primary N) is 1. The number of likely N-dealkylation sites (N-methyl/N-ethyl adjacent to an activating group) is 1. The molecule has 2 rings (SSSR count). The van der Waals surface area contributed by atoms with E-state index in [1.54, 1.807) is 11.9 Å². The van der Waals surface area contributed by atoms with Crippen molar-refractivity contribution >= 4 is 24.2 Å². The van der Waals surface area contributed by atoms with Crippen LogP contribution in [0.1, 0.15) is 44.9 Å². The van der Waals surface area contributed by atoms with Gasteiger partial charge in [-0.1, -0.05) is 19.3 Å². The highest BCUT2D eigenvalue weighted by atomic mass is 35.5. The maximum atomic E-state index is 12.1. The molecule has 0 aromatic rings. The second kappa shape index (κ2) is 7.27. The lowest BCUT2D eigenvalue weighted by Gasteiger charge is -2.35. The highest BCUT2D eigenvalue weighted by molar-refractivity contribution is 5.89. The number of nitrogens with one attached hydrogen (secondary N) is 1. The van der Waals surface area contributed by atoms with E-state index in [1.807, 2.05) is 0 Å². The molecular weight excluding hydrogens is 278 g/mol. The topological polar surface area (TPSA) is 75.4 Å². The van der Waals surface area contributed by atoms with E-state index in [0.717, 1.165) is 38.6 Å². The number of amides is 2. The molecule has 5 nitrogen and oxygen atoms in total. The van der Waals surface area contributed by atoms with Crippen LogP contribution in [-0.2, 0) is 9.59 Å². The largest absolute Gasteiger partial charge is 0.344 e. The van der Waals surface area contributed by atoms with E-state index in [4.69, 9.17) is 5.73 Å². The summed E-state index contributed by atoms with van der Waals surface area (Å²) in [6.07, 6.45) is 6.83. The van der Waals surface area contributed by atoms with E-state index in [9.17, 15) is 9.59 Å². The Morgan fingerprint density at radius 2 is 2.05 bits per heavy atom. The molecule has 116 valence electrons. The first-order valence-electron chi connectivity index (χ1n) is 7.31. The Labute approximate surface area is 127 Å². The summed E-state index contributed by atoms with van der Waals surface area (Å²) in [6.45, 7) is 1.30. The van der Waals surface area contributed by atoms with Crippen molar-refractivity contribution in [1.82, 2.24) is 10.2 Å². The van der Waals surface area contributed by atoms with Crippen molar-refractivity contribution in [2.45, 2.75) is 51.0 Å². The van der Waals surface area contributed by atoms with E-state index in [-0.39, 0.29) is 35.7 Å². The van der Waals surface area contributed by atoms with Gasteiger partial charge in [0.05, 0.1) is 0 Å². The van der Waals surface area contributed by atoms with Crippen molar-refractivity contribution in [3.63, 3.8) is 0 Å². The van der Waals surface area contributed by atoms with Gasteiger partial charge in [-0.15, -0.1) is 12.4 Å². The number of halogens is 1. The summed E-state index contributed by atoms with van der Waals surface area (Å²) in [7, 11) is 1.77. The molecule has 1 saturated heterocycles. The number of rotatable bonds is 4. The van der Waals surface area contributed by atoms with Crippen LogP contribution < -0.4 is 11.1 Å². The molecule has 1 saturated carbocycles. The zero-order valence-corrected chi connectivity index (χ0v) is 13.0. The molecule has 0 bridgehead atoms. The van der Waals surface area contributed by atoms with Crippen molar-refractivity contribution in [3.05, 3.63) is 0 Å². The molecular formula is C14H26ClN3O2. The van der Waals surface area contributed by atoms with Crippen molar-refractivity contribution in [2.24, 2.45) is 11.1 Å². The highest BCUT2D eigenvalue weighted by Gasteiger charge is 2.35. The van der Waals surface area contributed by atoms with E-state index in [1.165, 1.54) is 6.42 Å². The minimum atomic E-state index is -0.323. The minimum Gasteiger partial charge on any atom is -0.344 e. The van der Waals surface area contributed by atoms with Gasteiger partial charge in [-0.3, -0.25) is 9.59 Å². The predicted octanol–water partition coefficient (Wildman–Crippen LogP) is 1.05. The summed E-state index contributed by atoms with van der Waals surface area (Å²) in [5.41, 5.74) is 5.86. The van der Waals surface area contributed by atoms with Gasteiger partial charge >= 0.3 is 0 Å². The fourth-order valence-corrected chi connectivity index (χ4v) is 3.30. The summed E-state index contributed by atoms with van der Waals surface area (Å²) in [6, 6.07) is -0.323. The average Bonchev–Trinajstić information content (AvgIpc) is 2.72. The van der Waals surface area contributed by atoms with Crippen LogP contribution in [0.15, 0.2) is 0 Å². The molecule has 1 aliphatic carbocycles. The van der Waals surface area contributed by atoms with Crippen LogP contribution >= 0.6 is 12.4 Å². The van der Waals surface area contributed by atoms with E-state index in [0.29, 0.717) is 13.0 Å². The normalized spacial score (nSPS) is 25.2. The van der Waals surface area contributed by atoms with Gasteiger partial charge in [0.15, 0.2) is 0 Å². The Balaban J connectivity index is 0.00000200. The number of carbonyl (C=O) groups is 2. The van der Waals surface area contributed by atoms with E-state index in [2.05, 4.69) is 5.32 Å². The molecule has 3 N–H and O–H groups in total. The molecule has 1 aliphatic heterocycles. The molecule has 6 heteroatoms. The first kappa shape index (κ1) is 17.2. The smallest absolute Gasteiger partial charge is 0.244 e.